The molecule has 0 saturated heterocycles. The van der Waals surface area contributed by atoms with Crippen LogP contribution in [0.25, 0.3) is 0 Å². The molecule has 16 heavy (non-hydrogen) atoms. The third kappa shape index (κ3) is 4.39. The summed E-state index contributed by atoms with van der Waals surface area (Å²) in [6.45, 7) is 1.71. The van der Waals surface area contributed by atoms with E-state index in [1.807, 2.05) is 11.6 Å². The first-order valence-electron chi connectivity index (χ1n) is 5.48. The van der Waals surface area contributed by atoms with Crippen LogP contribution < -0.4 is 10.6 Å². The summed E-state index contributed by atoms with van der Waals surface area (Å²) in [5.74, 6) is 1.06. The monoisotopic (exact) mass is 225 g/mol. The van der Waals surface area contributed by atoms with Crippen LogP contribution in [0.4, 0.5) is 0 Å². The van der Waals surface area contributed by atoms with Gasteiger partial charge >= 0.3 is 0 Å². The van der Waals surface area contributed by atoms with Gasteiger partial charge in [0.25, 0.3) is 0 Å². The van der Waals surface area contributed by atoms with Crippen LogP contribution in [0.15, 0.2) is 6.33 Å². The number of rotatable bonds is 7. The fourth-order valence-electron chi connectivity index (χ4n) is 1.36. The quantitative estimate of drug-likeness (QED) is 0.612. The molecular weight excluding hydrogens is 206 g/mol. The molecule has 0 aliphatic carbocycles. The lowest BCUT2D eigenvalue weighted by Gasteiger charge is -2.04. The molecule has 6 nitrogen and oxygen atoms in total. The smallest absolute Gasteiger partial charge is 0.219 e. The molecule has 0 radical (unpaired) electrons. The minimum atomic E-state index is 0.0927. The van der Waals surface area contributed by atoms with Gasteiger partial charge in [-0.2, -0.15) is 0 Å². The van der Waals surface area contributed by atoms with E-state index < -0.39 is 0 Å². The maximum Gasteiger partial charge on any atom is 0.219 e. The van der Waals surface area contributed by atoms with E-state index >= 15 is 0 Å². The zero-order valence-electron chi connectivity index (χ0n) is 9.86. The number of nitrogens with zero attached hydrogens (tertiary/aromatic N) is 3. The molecule has 0 aliphatic rings. The van der Waals surface area contributed by atoms with Crippen molar-refractivity contribution in [1.29, 1.82) is 0 Å². The van der Waals surface area contributed by atoms with E-state index in [4.69, 9.17) is 0 Å². The fourth-order valence-corrected chi connectivity index (χ4v) is 1.36. The molecule has 0 spiro atoms. The van der Waals surface area contributed by atoms with Crippen molar-refractivity contribution >= 4 is 5.91 Å². The van der Waals surface area contributed by atoms with Crippen molar-refractivity contribution in [3.8, 4) is 0 Å². The van der Waals surface area contributed by atoms with E-state index in [0.717, 1.165) is 31.8 Å². The fraction of sp³-hybridized carbons (Fsp3) is 0.700. The molecule has 1 amide bonds. The Kier molecular flexibility index (Phi) is 5.49. The summed E-state index contributed by atoms with van der Waals surface area (Å²) in [5.41, 5.74) is 0. The van der Waals surface area contributed by atoms with Crippen molar-refractivity contribution in [2.24, 2.45) is 7.05 Å². The molecule has 1 aromatic heterocycles. The van der Waals surface area contributed by atoms with E-state index in [2.05, 4.69) is 20.8 Å². The minimum Gasteiger partial charge on any atom is -0.359 e. The average Bonchev–Trinajstić information content (AvgIpc) is 2.69. The molecule has 1 rings (SSSR count). The molecule has 0 atom stereocenters. The van der Waals surface area contributed by atoms with Gasteiger partial charge in [0.2, 0.25) is 5.91 Å². The second kappa shape index (κ2) is 6.95. The second-order valence-corrected chi connectivity index (χ2v) is 3.63. The van der Waals surface area contributed by atoms with Crippen molar-refractivity contribution in [1.82, 2.24) is 25.4 Å². The summed E-state index contributed by atoms with van der Waals surface area (Å²) in [5, 5.41) is 13.7. The number of hydrogen-bond acceptors (Lipinski definition) is 4. The third-order valence-electron chi connectivity index (χ3n) is 2.37. The van der Waals surface area contributed by atoms with Crippen molar-refractivity contribution < 1.29 is 4.79 Å². The third-order valence-corrected chi connectivity index (χ3v) is 2.37. The van der Waals surface area contributed by atoms with E-state index in [1.54, 1.807) is 13.4 Å². The van der Waals surface area contributed by atoms with Gasteiger partial charge in [-0.15, -0.1) is 10.2 Å². The van der Waals surface area contributed by atoms with Crippen molar-refractivity contribution in [3.05, 3.63) is 12.2 Å². The Morgan fingerprint density at radius 3 is 2.94 bits per heavy atom. The normalized spacial score (nSPS) is 10.4. The van der Waals surface area contributed by atoms with E-state index in [0.29, 0.717) is 6.42 Å². The molecule has 0 aliphatic heterocycles. The maximum atomic E-state index is 10.9. The van der Waals surface area contributed by atoms with Crippen LogP contribution in [0.1, 0.15) is 18.7 Å². The van der Waals surface area contributed by atoms with Crippen LogP contribution in [0, 0.1) is 0 Å². The van der Waals surface area contributed by atoms with E-state index in [9.17, 15) is 4.79 Å². The topological polar surface area (TPSA) is 71.8 Å². The highest BCUT2D eigenvalue weighted by Gasteiger charge is 2.00. The van der Waals surface area contributed by atoms with Crippen LogP contribution in [-0.4, -0.2) is 40.8 Å². The second-order valence-electron chi connectivity index (χ2n) is 3.63. The molecule has 90 valence electrons. The van der Waals surface area contributed by atoms with Gasteiger partial charge in [-0.05, 0) is 13.0 Å². The standard InChI is InChI=1S/C10H19N5O/c1-11-10(16)4-3-6-12-7-5-9-14-13-8-15(9)2/h8,12H,3-7H2,1-2H3,(H,11,16). The van der Waals surface area contributed by atoms with Gasteiger partial charge in [0.1, 0.15) is 12.2 Å². The Morgan fingerprint density at radius 2 is 2.31 bits per heavy atom. The van der Waals surface area contributed by atoms with Gasteiger partial charge < -0.3 is 15.2 Å². The molecule has 1 aromatic rings. The SMILES string of the molecule is CNC(=O)CCCNCCc1nncn1C. The van der Waals surface area contributed by atoms with Crippen LogP contribution in [-0.2, 0) is 18.3 Å². The number of hydrogen-bond donors (Lipinski definition) is 2. The molecule has 1 heterocycles. The molecule has 0 saturated carbocycles. The Bertz CT molecular complexity index is 323. The van der Waals surface area contributed by atoms with Crippen LogP contribution in [0.3, 0.4) is 0 Å². The number of nitrogens with one attached hydrogen (secondary N) is 2. The lowest BCUT2D eigenvalue weighted by atomic mass is 10.3. The zero-order valence-corrected chi connectivity index (χ0v) is 9.86. The predicted molar refractivity (Wildman–Crippen MR) is 60.9 cm³/mol. The lowest BCUT2D eigenvalue weighted by molar-refractivity contribution is -0.120. The van der Waals surface area contributed by atoms with E-state index in [-0.39, 0.29) is 5.91 Å². The summed E-state index contributed by atoms with van der Waals surface area (Å²) in [6, 6.07) is 0. The first-order valence-corrected chi connectivity index (χ1v) is 5.48. The molecule has 0 unspecified atom stereocenters. The molecule has 0 aromatic carbocycles. The molecule has 0 bridgehead atoms. The first-order chi connectivity index (χ1) is 7.74. The maximum absolute atomic E-state index is 10.9. The Morgan fingerprint density at radius 1 is 1.50 bits per heavy atom. The van der Waals surface area contributed by atoms with Crippen LogP contribution >= 0.6 is 0 Å². The number of aryl methyl sites for hydroxylation is 1. The average molecular weight is 225 g/mol. The van der Waals surface area contributed by atoms with Gasteiger partial charge in [0, 0.05) is 33.5 Å². The van der Waals surface area contributed by atoms with Gasteiger partial charge in [-0.1, -0.05) is 0 Å². The Balaban J connectivity index is 2.00. The number of amides is 1. The number of aromatic nitrogens is 3. The Hall–Kier alpha value is -1.43. The lowest BCUT2D eigenvalue weighted by Crippen LogP contribution is -2.23. The molecular formula is C10H19N5O. The van der Waals surface area contributed by atoms with Gasteiger partial charge in [-0.3, -0.25) is 4.79 Å². The zero-order chi connectivity index (χ0) is 11.8. The van der Waals surface area contributed by atoms with Gasteiger partial charge in [0.15, 0.2) is 0 Å². The van der Waals surface area contributed by atoms with Crippen LogP contribution in [0.2, 0.25) is 0 Å². The van der Waals surface area contributed by atoms with Crippen molar-refractivity contribution in [2.75, 3.05) is 20.1 Å². The molecule has 0 fully saturated rings. The summed E-state index contributed by atoms with van der Waals surface area (Å²) in [7, 11) is 3.59. The first kappa shape index (κ1) is 12.6. The molecule has 6 heteroatoms. The summed E-state index contributed by atoms with van der Waals surface area (Å²) >= 11 is 0. The largest absolute Gasteiger partial charge is 0.359 e. The highest BCUT2D eigenvalue weighted by Crippen LogP contribution is 1.92. The number of carbonyl (C=O) groups excluding carboxylic acids is 1. The van der Waals surface area contributed by atoms with E-state index in [1.165, 1.54) is 0 Å². The highest BCUT2D eigenvalue weighted by atomic mass is 16.1. The van der Waals surface area contributed by atoms with Crippen LogP contribution in [0.5, 0.6) is 0 Å². The van der Waals surface area contributed by atoms with Gasteiger partial charge in [0.05, 0.1) is 0 Å². The summed E-state index contributed by atoms with van der Waals surface area (Å²) in [6.07, 6.45) is 3.99. The van der Waals surface area contributed by atoms with Crippen molar-refractivity contribution in [3.63, 3.8) is 0 Å². The van der Waals surface area contributed by atoms with Crippen molar-refractivity contribution in [2.45, 2.75) is 19.3 Å². The summed E-state index contributed by atoms with van der Waals surface area (Å²) in [4.78, 5) is 10.9. The summed E-state index contributed by atoms with van der Waals surface area (Å²) < 4.78 is 1.91. The highest BCUT2D eigenvalue weighted by molar-refractivity contribution is 5.75. The Labute approximate surface area is 95.4 Å². The van der Waals surface area contributed by atoms with Gasteiger partial charge in [-0.25, -0.2) is 0 Å². The number of carbonyl (C=O) groups is 1. The predicted octanol–water partition coefficient (Wildman–Crippen LogP) is -0.527. The minimum absolute atomic E-state index is 0.0927. The molecule has 2 N–H and O–H groups in total.